The zero-order valence-electron chi connectivity index (χ0n) is 10.7. The first-order valence-corrected chi connectivity index (χ1v) is 6.20. The maximum Gasteiger partial charge on any atom is 0.123 e. The van der Waals surface area contributed by atoms with Crippen LogP contribution in [0, 0.1) is 18.2 Å². The minimum atomic E-state index is -0.153. The SMILES string of the molecule is Cc1cc(F)ccc1CN1CCC(C)(CN)C1. The van der Waals surface area contributed by atoms with Gasteiger partial charge in [-0.3, -0.25) is 4.90 Å². The first-order valence-electron chi connectivity index (χ1n) is 6.20. The van der Waals surface area contributed by atoms with Gasteiger partial charge in [-0.05, 0) is 55.1 Å². The summed E-state index contributed by atoms with van der Waals surface area (Å²) < 4.78 is 13.0. The zero-order chi connectivity index (χ0) is 12.5. The summed E-state index contributed by atoms with van der Waals surface area (Å²) in [6.45, 7) is 7.99. The predicted octanol–water partition coefficient (Wildman–Crippen LogP) is 2.30. The Morgan fingerprint density at radius 3 is 2.82 bits per heavy atom. The first-order chi connectivity index (χ1) is 8.02. The van der Waals surface area contributed by atoms with Gasteiger partial charge in [-0.1, -0.05) is 13.0 Å². The van der Waals surface area contributed by atoms with Crippen molar-refractivity contribution in [2.45, 2.75) is 26.8 Å². The number of likely N-dealkylation sites (tertiary alicyclic amines) is 1. The molecule has 1 aromatic carbocycles. The van der Waals surface area contributed by atoms with Gasteiger partial charge < -0.3 is 5.73 Å². The maximum absolute atomic E-state index is 13.0. The van der Waals surface area contributed by atoms with Crippen LogP contribution >= 0.6 is 0 Å². The highest BCUT2D eigenvalue weighted by Gasteiger charge is 2.32. The zero-order valence-corrected chi connectivity index (χ0v) is 10.7. The smallest absolute Gasteiger partial charge is 0.123 e. The van der Waals surface area contributed by atoms with Crippen LogP contribution in [-0.4, -0.2) is 24.5 Å². The second kappa shape index (κ2) is 4.75. The summed E-state index contributed by atoms with van der Waals surface area (Å²) in [5.74, 6) is -0.153. The second-order valence-corrected chi connectivity index (χ2v) is 5.55. The lowest BCUT2D eigenvalue weighted by atomic mass is 9.90. The fourth-order valence-electron chi connectivity index (χ4n) is 2.51. The van der Waals surface area contributed by atoms with Gasteiger partial charge in [-0.2, -0.15) is 0 Å². The van der Waals surface area contributed by atoms with E-state index in [0.29, 0.717) is 0 Å². The average Bonchev–Trinajstić information content (AvgIpc) is 2.66. The van der Waals surface area contributed by atoms with E-state index in [2.05, 4.69) is 11.8 Å². The molecule has 2 rings (SSSR count). The number of halogens is 1. The van der Waals surface area contributed by atoms with Crippen LogP contribution in [0.4, 0.5) is 4.39 Å². The van der Waals surface area contributed by atoms with Crippen LogP contribution in [0.2, 0.25) is 0 Å². The molecule has 1 saturated heterocycles. The predicted molar refractivity (Wildman–Crippen MR) is 68.2 cm³/mol. The molecule has 1 aromatic rings. The van der Waals surface area contributed by atoms with Crippen molar-refractivity contribution in [3.63, 3.8) is 0 Å². The van der Waals surface area contributed by atoms with E-state index >= 15 is 0 Å². The maximum atomic E-state index is 13.0. The molecule has 3 heteroatoms. The normalized spacial score (nSPS) is 25.4. The molecule has 0 aromatic heterocycles. The summed E-state index contributed by atoms with van der Waals surface area (Å²) in [6.07, 6.45) is 1.16. The molecule has 1 atom stereocenters. The Morgan fingerprint density at radius 1 is 1.47 bits per heavy atom. The number of hydrogen-bond donors (Lipinski definition) is 1. The Hall–Kier alpha value is -0.930. The molecule has 1 fully saturated rings. The molecule has 1 heterocycles. The molecule has 0 aliphatic carbocycles. The summed E-state index contributed by atoms with van der Waals surface area (Å²) in [5.41, 5.74) is 8.30. The summed E-state index contributed by atoms with van der Waals surface area (Å²) in [4.78, 5) is 2.41. The summed E-state index contributed by atoms with van der Waals surface area (Å²) in [5, 5.41) is 0. The molecule has 1 aliphatic rings. The molecule has 0 saturated carbocycles. The van der Waals surface area contributed by atoms with Crippen molar-refractivity contribution in [1.82, 2.24) is 4.90 Å². The number of hydrogen-bond acceptors (Lipinski definition) is 2. The first kappa shape index (κ1) is 12.5. The third kappa shape index (κ3) is 2.85. The molecule has 17 heavy (non-hydrogen) atoms. The molecule has 0 amide bonds. The lowest BCUT2D eigenvalue weighted by molar-refractivity contribution is 0.274. The third-order valence-electron chi connectivity index (χ3n) is 3.83. The van der Waals surface area contributed by atoms with Crippen LogP contribution in [0.25, 0.3) is 0 Å². The molecular formula is C14H21FN2. The average molecular weight is 236 g/mol. The summed E-state index contributed by atoms with van der Waals surface area (Å²) >= 11 is 0. The Balaban J connectivity index is 2.03. The van der Waals surface area contributed by atoms with Crippen molar-refractivity contribution in [2.75, 3.05) is 19.6 Å². The Labute approximate surface area is 103 Å². The van der Waals surface area contributed by atoms with Gasteiger partial charge >= 0.3 is 0 Å². The van der Waals surface area contributed by atoms with Gasteiger partial charge in [0.25, 0.3) is 0 Å². The quantitative estimate of drug-likeness (QED) is 0.872. The van der Waals surface area contributed by atoms with Crippen LogP contribution < -0.4 is 5.73 Å². The van der Waals surface area contributed by atoms with Crippen molar-refractivity contribution in [3.8, 4) is 0 Å². The highest BCUT2D eigenvalue weighted by atomic mass is 19.1. The van der Waals surface area contributed by atoms with Gasteiger partial charge in [0.05, 0.1) is 0 Å². The fraction of sp³-hybridized carbons (Fsp3) is 0.571. The fourth-order valence-corrected chi connectivity index (χ4v) is 2.51. The number of rotatable bonds is 3. The van der Waals surface area contributed by atoms with Crippen molar-refractivity contribution in [1.29, 1.82) is 0 Å². The minimum absolute atomic E-state index is 0.153. The van der Waals surface area contributed by atoms with E-state index in [4.69, 9.17) is 5.73 Å². The Bertz CT molecular complexity index is 405. The summed E-state index contributed by atoms with van der Waals surface area (Å²) in [6, 6.07) is 5.04. The molecule has 0 radical (unpaired) electrons. The monoisotopic (exact) mass is 236 g/mol. The molecule has 2 nitrogen and oxygen atoms in total. The third-order valence-corrected chi connectivity index (χ3v) is 3.83. The van der Waals surface area contributed by atoms with Crippen LogP contribution in [0.1, 0.15) is 24.5 Å². The lowest BCUT2D eigenvalue weighted by Gasteiger charge is -2.23. The van der Waals surface area contributed by atoms with Crippen LogP contribution in [0.5, 0.6) is 0 Å². The van der Waals surface area contributed by atoms with Gasteiger partial charge in [-0.15, -0.1) is 0 Å². The van der Waals surface area contributed by atoms with Crippen molar-refractivity contribution in [2.24, 2.45) is 11.1 Å². The van der Waals surface area contributed by atoms with Gasteiger partial charge in [0.1, 0.15) is 5.82 Å². The van der Waals surface area contributed by atoms with Crippen LogP contribution in [-0.2, 0) is 6.54 Å². The minimum Gasteiger partial charge on any atom is -0.330 e. The Kier molecular flexibility index (Phi) is 3.50. The summed E-state index contributed by atoms with van der Waals surface area (Å²) in [7, 11) is 0. The van der Waals surface area contributed by atoms with Crippen molar-refractivity contribution in [3.05, 3.63) is 35.1 Å². The molecule has 1 aliphatic heterocycles. The molecule has 0 spiro atoms. The van der Waals surface area contributed by atoms with Gasteiger partial charge in [0.2, 0.25) is 0 Å². The lowest BCUT2D eigenvalue weighted by Crippen LogP contribution is -2.31. The number of aryl methyl sites for hydroxylation is 1. The molecular weight excluding hydrogens is 215 g/mol. The standard InChI is InChI=1S/C14H21FN2/c1-11-7-13(15)4-3-12(11)8-17-6-5-14(2,9-16)10-17/h3-4,7H,5-6,8-10,16H2,1-2H3. The second-order valence-electron chi connectivity index (χ2n) is 5.55. The van der Waals surface area contributed by atoms with Gasteiger partial charge in [-0.25, -0.2) is 4.39 Å². The molecule has 0 bridgehead atoms. The molecule has 94 valence electrons. The van der Waals surface area contributed by atoms with Crippen molar-refractivity contribution < 1.29 is 4.39 Å². The molecule has 1 unspecified atom stereocenters. The van der Waals surface area contributed by atoms with E-state index in [1.165, 1.54) is 5.56 Å². The van der Waals surface area contributed by atoms with Crippen LogP contribution in [0.3, 0.4) is 0 Å². The van der Waals surface area contributed by atoms with E-state index in [0.717, 1.165) is 38.2 Å². The highest BCUT2D eigenvalue weighted by Crippen LogP contribution is 2.29. The van der Waals surface area contributed by atoms with Gasteiger partial charge in [0.15, 0.2) is 0 Å². The van der Waals surface area contributed by atoms with Crippen molar-refractivity contribution >= 4 is 0 Å². The molecule has 2 N–H and O–H groups in total. The van der Waals surface area contributed by atoms with E-state index < -0.39 is 0 Å². The van der Waals surface area contributed by atoms with Gasteiger partial charge in [0, 0.05) is 13.1 Å². The van der Waals surface area contributed by atoms with E-state index in [1.54, 1.807) is 12.1 Å². The Morgan fingerprint density at radius 2 is 2.24 bits per heavy atom. The van der Waals surface area contributed by atoms with Crippen LogP contribution in [0.15, 0.2) is 18.2 Å². The highest BCUT2D eigenvalue weighted by molar-refractivity contribution is 5.26. The largest absolute Gasteiger partial charge is 0.330 e. The van der Waals surface area contributed by atoms with E-state index in [1.807, 2.05) is 13.0 Å². The number of nitrogens with two attached hydrogens (primary N) is 1. The van der Waals surface area contributed by atoms with E-state index in [-0.39, 0.29) is 11.2 Å². The number of nitrogens with zero attached hydrogens (tertiary/aromatic N) is 1. The number of benzene rings is 1. The topological polar surface area (TPSA) is 29.3 Å². The van der Waals surface area contributed by atoms with E-state index in [9.17, 15) is 4.39 Å².